The number of hydrogen-bond donors (Lipinski definition) is 1. The minimum Gasteiger partial charge on any atom is -0.503 e. The first-order valence-corrected chi connectivity index (χ1v) is 10.2. The van der Waals surface area contributed by atoms with Crippen LogP contribution in [-0.2, 0) is 9.59 Å². The number of nitro benzene ring substituents is 1. The van der Waals surface area contributed by atoms with Crippen LogP contribution in [0.4, 0.5) is 11.4 Å². The number of nitrogens with zero attached hydrogens (tertiary/aromatic N) is 2. The first-order chi connectivity index (χ1) is 15.9. The molecule has 3 aromatic rings. The number of aliphatic hydroxyl groups is 1. The van der Waals surface area contributed by atoms with Gasteiger partial charge in [-0.2, -0.15) is 0 Å². The Morgan fingerprint density at radius 3 is 2.27 bits per heavy atom. The minimum absolute atomic E-state index is 0.0794. The van der Waals surface area contributed by atoms with Gasteiger partial charge in [0.05, 0.1) is 16.5 Å². The number of aliphatic hydroxyl groups excluding tert-OH is 1. The van der Waals surface area contributed by atoms with Gasteiger partial charge in [-0.25, -0.2) is 0 Å². The molecule has 7 heteroatoms. The Kier molecular flexibility index (Phi) is 5.87. The zero-order chi connectivity index (χ0) is 23.5. The number of anilines is 1. The Bertz CT molecular complexity index is 1290. The van der Waals surface area contributed by atoms with E-state index >= 15 is 0 Å². The number of non-ortho nitro benzene ring substituents is 1. The summed E-state index contributed by atoms with van der Waals surface area (Å²) >= 11 is 0. The van der Waals surface area contributed by atoms with E-state index in [-0.39, 0.29) is 11.3 Å². The molecule has 33 heavy (non-hydrogen) atoms. The first kappa shape index (κ1) is 21.7. The largest absolute Gasteiger partial charge is 0.503 e. The van der Waals surface area contributed by atoms with Crippen LogP contribution in [0.25, 0.3) is 6.08 Å². The summed E-state index contributed by atoms with van der Waals surface area (Å²) in [5, 5.41) is 21.8. The number of aryl methyl sites for hydroxylation is 1. The Balaban J connectivity index is 1.81. The number of para-hydroxylation sites is 1. The van der Waals surface area contributed by atoms with Crippen LogP contribution in [-0.4, -0.2) is 21.7 Å². The van der Waals surface area contributed by atoms with Gasteiger partial charge in [-0.3, -0.25) is 24.6 Å². The Labute approximate surface area is 190 Å². The monoisotopic (exact) mass is 440 g/mol. The van der Waals surface area contributed by atoms with E-state index in [0.29, 0.717) is 11.3 Å². The van der Waals surface area contributed by atoms with Crippen LogP contribution in [0.1, 0.15) is 22.7 Å². The number of allylic oxidation sites excluding steroid dienone is 1. The van der Waals surface area contributed by atoms with Crippen molar-refractivity contribution in [3.63, 3.8) is 0 Å². The molecule has 0 saturated carbocycles. The van der Waals surface area contributed by atoms with Gasteiger partial charge >= 0.3 is 0 Å². The van der Waals surface area contributed by atoms with Crippen molar-refractivity contribution in [2.45, 2.75) is 13.0 Å². The van der Waals surface area contributed by atoms with Crippen molar-refractivity contribution < 1.29 is 19.6 Å². The fourth-order valence-electron chi connectivity index (χ4n) is 3.86. The van der Waals surface area contributed by atoms with E-state index < -0.39 is 28.4 Å². The van der Waals surface area contributed by atoms with Gasteiger partial charge in [0.25, 0.3) is 11.6 Å². The topological polar surface area (TPSA) is 101 Å². The smallest absolute Gasteiger partial charge is 0.294 e. The average molecular weight is 440 g/mol. The lowest BCUT2D eigenvalue weighted by molar-refractivity contribution is -0.384. The molecule has 0 aromatic heterocycles. The molecule has 7 nitrogen and oxygen atoms in total. The molecule has 1 N–H and O–H groups in total. The zero-order valence-electron chi connectivity index (χ0n) is 17.7. The van der Waals surface area contributed by atoms with Crippen molar-refractivity contribution in [2.24, 2.45) is 0 Å². The third-order valence-corrected chi connectivity index (χ3v) is 5.49. The highest BCUT2D eigenvalue weighted by Crippen LogP contribution is 2.42. The molecule has 1 amide bonds. The number of hydrogen-bond acceptors (Lipinski definition) is 5. The van der Waals surface area contributed by atoms with E-state index in [1.54, 1.807) is 18.2 Å². The van der Waals surface area contributed by atoms with Crippen molar-refractivity contribution in [1.29, 1.82) is 0 Å². The highest BCUT2D eigenvalue weighted by Gasteiger charge is 2.44. The molecule has 0 bridgehead atoms. The van der Waals surface area contributed by atoms with Gasteiger partial charge in [-0.1, -0.05) is 54.6 Å². The Morgan fingerprint density at radius 1 is 1.00 bits per heavy atom. The third kappa shape index (κ3) is 4.16. The van der Waals surface area contributed by atoms with Gasteiger partial charge in [0.15, 0.2) is 11.5 Å². The fourth-order valence-corrected chi connectivity index (χ4v) is 3.86. The van der Waals surface area contributed by atoms with Crippen LogP contribution in [0, 0.1) is 17.0 Å². The Hall–Kier alpha value is -4.52. The SMILES string of the molecule is Cc1ccccc1N1C(=O)C(O)=C(C(=O)/C=C/c2ccccc2)C1c1ccc([N+](=O)[O-])cc1. The second kappa shape index (κ2) is 8.92. The van der Waals surface area contributed by atoms with E-state index in [0.717, 1.165) is 11.1 Å². The van der Waals surface area contributed by atoms with Crippen LogP contribution in [0.2, 0.25) is 0 Å². The van der Waals surface area contributed by atoms with E-state index in [1.165, 1.54) is 35.2 Å². The molecular weight excluding hydrogens is 420 g/mol. The van der Waals surface area contributed by atoms with E-state index in [2.05, 4.69) is 0 Å². The van der Waals surface area contributed by atoms with Crippen molar-refractivity contribution in [2.75, 3.05) is 4.90 Å². The average Bonchev–Trinajstić information content (AvgIpc) is 3.09. The highest BCUT2D eigenvalue weighted by molar-refractivity contribution is 6.20. The van der Waals surface area contributed by atoms with E-state index in [9.17, 15) is 24.8 Å². The summed E-state index contributed by atoms with van der Waals surface area (Å²) in [5.41, 5.74) is 2.38. The summed E-state index contributed by atoms with van der Waals surface area (Å²) in [6.07, 6.45) is 2.92. The number of rotatable bonds is 6. The van der Waals surface area contributed by atoms with Gasteiger partial charge in [0.2, 0.25) is 0 Å². The normalized spacial score (nSPS) is 16.0. The van der Waals surface area contributed by atoms with Crippen molar-refractivity contribution in [3.8, 4) is 0 Å². The van der Waals surface area contributed by atoms with Crippen LogP contribution in [0.15, 0.2) is 96.3 Å². The number of carbonyl (C=O) groups is 2. The standard InChI is InChI=1S/C26H20N2O5/c1-17-7-5-6-10-21(17)27-24(19-12-14-20(15-13-19)28(32)33)23(25(30)26(27)31)22(29)16-11-18-8-3-2-4-9-18/h2-16,24,30H,1H3/b16-11+. The predicted molar refractivity (Wildman–Crippen MR) is 125 cm³/mol. The summed E-state index contributed by atoms with van der Waals surface area (Å²) in [5.74, 6) is -1.86. The number of ketones is 1. The molecule has 0 fully saturated rings. The fraction of sp³-hybridized carbons (Fsp3) is 0.0769. The summed E-state index contributed by atoms with van der Waals surface area (Å²) < 4.78 is 0. The molecule has 1 aliphatic rings. The van der Waals surface area contributed by atoms with Crippen molar-refractivity contribution >= 4 is 29.1 Å². The summed E-state index contributed by atoms with van der Waals surface area (Å²) in [7, 11) is 0. The lowest BCUT2D eigenvalue weighted by Gasteiger charge is -2.28. The van der Waals surface area contributed by atoms with Crippen LogP contribution in [0.3, 0.4) is 0 Å². The van der Waals surface area contributed by atoms with E-state index in [1.807, 2.05) is 49.4 Å². The maximum absolute atomic E-state index is 13.2. The van der Waals surface area contributed by atoms with Gasteiger partial charge in [-0.15, -0.1) is 0 Å². The minimum atomic E-state index is -0.938. The van der Waals surface area contributed by atoms with Crippen LogP contribution < -0.4 is 4.90 Å². The molecule has 0 radical (unpaired) electrons. The van der Waals surface area contributed by atoms with Crippen molar-refractivity contribution in [1.82, 2.24) is 0 Å². The quantitative estimate of drug-likeness (QED) is 0.327. The molecule has 1 heterocycles. The van der Waals surface area contributed by atoms with Gasteiger partial charge in [0, 0.05) is 17.8 Å². The number of nitro groups is 1. The van der Waals surface area contributed by atoms with Gasteiger partial charge in [0.1, 0.15) is 0 Å². The molecule has 1 unspecified atom stereocenters. The van der Waals surface area contributed by atoms with Crippen LogP contribution in [0.5, 0.6) is 0 Å². The molecule has 164 valence electrons. The number of amides is 1. The summed E-state index contributed by atoms with van der Waals surface area (Å²) in [6, 6.07) is 21.0. The van der Waals surface area contributed by atoms with Gasteiger partial charge in [-0.05, 0) is 47.9 Å². The highest BCUT2D eigenvalue weighted by atomic mass is 16.6. The summed E-state index contributed by atoms with van der Waals surface area (Å²) in [6.45, 7) is 1.82. The molecule has 0 spiro atoms. The lowest BCUT2D eigenvalue weighted by atomic mass is 9.94. The number of carbonyl (C=O) groups excluding carboxylic acids is 2. The maximum Gasteiger partial charge on any atom is 0.294 e. The third-order valence-electron chi connectivity index (χ3n) is 5.49. The molecule has 1 aliphatic heterocycles. The lowest BCUT2D eigenvalue weighted by Crippen LogP contribution is -2.31. The zero-order valence-corrected chi connectivity index (χ0v) is 17.7. The molecular formula is C26H20N2O5. The first-order valence-electron chi connectivity index (χ1n) is 10.2. The molecule has 0 saturated heterocycles. The van der Waals surface area contributed by atoms with Gasteiger partial charge < -0.3 is 5.11 Å². The van der Waals surface area contributed by atoms with E-state index in [4.69, 9.17) is 0 Å². The molecule has 1 atom stereocenters. The maximum atomic E-state index is 13.2. The second-order valence-corrected chi connectivity index (χ2v) is 7.58. The molecule has 3 aromatic carbocycles. The summed E-state index contributed by atoms with van der Waals surface area (Å²) in [4.78, 5) is 38.3. The molecule has 0 aliphatic carbocycles. The second-order valence-electron chi connectivity index (χ2n) is 7.58. The number of benzene rings is 3. The van der Waals surface area contributed by atoms with Crippen LogP contribution >= 0.6 is 0 Å². The predicted octanol–water partition coefficient (Wildman–Crippen LogP) is 5.09. The van der Waals surface area contributed by atoms with Crippen molar-refractivity contribution in [3.05, 3.63) is 123 Å². The molecule has 4 rings (SSSR count). The Morgan fingerprint density at radius 2 is 1.64 bits per heavy atom.